The predicted molar refractivity (Wildman–Crippen MR) is 178 cm³/mol. The topological polar surface area (TPSA) is 9.72 Å². The molecule has 0 saturated heterocycles. The van der Waals surface area contributed by atoms with Gasteiger partial charge in [-0.05, 0) is 0 Å². The van der Waals surface area contributed by atoms with Crippen molar-refractivity contribution in [1.82, 2.24) is 0 Å². The van der Waals surface area contributed by atoms with Crippen molar-refractivity contribution < 1.29 is 0 Å². The van der Waals surface area contributed by atoms with E-state index in [1.165, 1.54) is 0 Å². The summed E-state index contributed by atoms with van der Waals surface area (Å²) in [6.45, 7) is 0. The van der Waals surface area contributed by atoms with Crippen molar-refractivity contribution in [1.29, 1.82) is 0 Å². The predicted octanol–water partition coefficient (Wildman–Crippen LogP) is 9.91. The normalized spacial score (nSPS) is 10.5. The molecule has 0 spiro atoms. The molecule has 0 aliphatic heterocycles. The molecule has 0 fully saturated rings. The third-order valence-corrected chi connectivity index (χ3v) is 12.5. The number of para-hydroxylation sites is 6. The van der Waals surface area contributed by atoms with Crippen molar-refractivity contribution in [2.75, 3.05) is 11.6 Å². The molecule has 0 aliphatic rings. The molecule has 6 rings (SSSR count). The number of rotatable bonds is 9. The molecule has 0 amide bonds. The standard InChI is InChI=1S/C36H30GeN3.ClH/c1-7-19-31(20-8-1)38(32-21-9-2-10-22-32)37(39(33-23-11-3-12-24-33)34-25-13-4-14-26-34)40(35-27-15-5-16-28-35)36-29-17-6-18-30-36;/h1-30H;1H. The molecule has 0 bridgehead atoms. The van der Waals surface area contributed by atoms with Gasteiger partial charge in [-0.2, -0.15) is 0 Å². The second-order valence-electron chi connectivity index (χ2n) is 9.32. The van der Waals surface area contributed by atoms with Crippen LogP contribution in [0.5, 0.6) is 0 Å². The molecule has 41 heavy (non-hydrogen) atoms. The summed E-state index contributed by atoms with van der Waals surface area (Å²) in [5.74, 6) is 0. The Bertz CT molecular complexity index is 1270. The van der Waals surface area contributed by atoms with Gasteiger partial charge in [-0.1, -0.05) is 0 Å². The average Bonchev–Trinajstić information content (AvgIpc) is 3.04. The van der Waals surface area contributed by atoms with Crippen molar-refractivity contribution in [2.24, 2.45) is 0 Å². The molecule has 3 nitrogen and oxygen atoms in total. The van der Waals surface area contributed by atoms with E-state index in [2.05, 4.69) is 194 Å². The Balaban J connectivity index is 0.00000337. The van der Waals surface area contributed by atoms with E-state index in [0.29, 0.717) is 0 Å². The molecule has 6 aromatic carbocycles. The van der Waals surface area contributed by atoms with Gasteiger partial charge in [0.15, 0.2) is 0 Å². The van der Waals surface area contributed by atoms with Gasteiger partial charge in [0, 0.05) is 0 Å². The first-order chi connectivity index (χ1) is 19.9. The van der Waals surface area contributed by atoms with Crippen LogP contribution in [-0.2, 0) is 0 Å². The van der Waals surface area contributed by atoms with Crippen LogP contribution in [0.2, 0.25) is 0 Å². The fourth-order valence-corrected chi connectivity index (χ4v) is 10.9. The van der Waals surface area contributed by atoms with E-state index in [0.717, 1.165) is 34.1 Å². The van der Waals surface area contributed by atoms with Gasteiger partial charge in [-0.3, -0.25) is 0 Å². The van der Waals surface area contributed by atoms with Crippen molar-refractivity contribution in [3.63, 3.8) is 0 Å². The SMILES string of the molecule is Cl.c1ccc([N](c2ccccc2)[Ge]([N](c2ccccc2)c2ccccc2)[N](c2ccccc2)c2ccccc2)cc1. The van der Waals surface area contributed by atoms with Crippen molar-refractivity contribution in [3.8, 4) is 0 Å². The van der Waals surface area contributed by atoms with Gasteiger partial charge in [0.25, 0.3) is 0 Å². The van der Waals surface area contributed by atoms with Crippen LogP contribution < -0.4 is 11.6 Å². The molecule has 1 radical (unpaired) electrons. The fraction of sp³-hybridized carbons (Fsp3) is 0. The van der Waals surface area contributed by atoms with Crippen LogP contribution in [0.15, 0.2) is 182 Å². The van der Waals surface area contributed by atoms with Crippen LogP contribution in [0.3, 0.4) is 0 Å². The van der Waals surface area contributed by atoms with Crippen LogP contribution in [0.4, 0.5) is 34.1 Å². The number of halogens is 1. The van der Waals surface area contributed by atoms with Crippen LogP contribution >= 0.6 is 12.4 Å². The Kier molecular flexibility index (Phi) is 9.42. The van der Waals surface area contributed by atoms with E-state index >= 15 is 0 Å². The van der Waals surface area contributed by atoms with Crippen LogP contribution in [0, 0.1) is 0 Å². The third-order valence-electron chi connectivity index (χ3n) is 6.69. The van der Waals surface area contributed by atoms with E-state index < -0.39 is 15.0 Å². The zero-order chi connectivity index (χ0) is 27.0. The van der Waals surface area contributed by atoms with Gasteiger partial charge >= 0.3 is 243 Å². The van der Waals surface area contributed by atoms with Crippen LogP contribution in [-0.4, -0.2) is 15.0 Å². The molecule has 0 N–H and O–H groups in total. The molecule has 201 valence electrons. The summed E-state index contributed by atoms with van der Waals surface area (Å²) >= 11 is -2.86. The Morgan fingerprint density at radius 2 is 0.390 bits per heavy atom. The van der Waals surface area contributed by atoms with Gasteiger partial charge in [-0.15, -0.1) is 12.4 Å². The Hall–Kier alpha value is -4.45. The summed E-state index contributed by atoms with van der Waals surface area (Å²) in [7, 11) is 0. The summed E-state index contributed by atoms with van der Waals surface area (Å²) in [5, 5.41) is 0. The third kappa shape index (κ3) is 6.32. The minimum absolute atomic E-state index is 0. The maximum atomic E-state index is 2.58. The molecule has 0 aromatic heterocycles. The number of anilines is 6. The zero-order valence-corrected chi connectivity index (χ0v) is 25.5. The number of hydrogen-bond donors (Lipinski definition) is 0. The van der Waals surface area contributed by atoms with E-state index in [1.807, 2.05) is 0 Å². The van der Waals surface area contributed by atoms with E-state index in [4.69, 9.17) is 0 Å². The van der Waals surface area contributed by atoms with Crippen molar-refractivity contribution >= 4 is 61.5 Å². The molecule has 0 saturated carbocycles. The number of nitrogens with zero attached hydrogens (tertiary/aromatic N) is 3. The molecule has 0 heterocycles. The van der Waals surface area contributed by atoms with Gasteiger partial charge in [0.1, 0.15) is 0 Å². The Morgan fingerprint density at radius 3 is 0.537 bits per heavy atom. The van der Waals surface area contributed by atoms with Gasteiger partial charge in [-0.25, -0.2) is 0 Å². The molecule has 0 unspecified atom stereocenters. The average molecular weight is 614 g/mol. The molecule has 6 aromatic rings. The Morgan fingerprint density at radius 1 is 0.244 bits per heavy atom. The van der Waals surface area contributed by atoms with E-state index in [1.54, 1.807) is 0 Å². The Labute approximate surface area is 254 Å². The summed E-state index contributed by atoms with van der Waals surface area (Å²) in [4.78, 5) is 0. The molecule has 0 aliphatic carbocycles. The van der Waals surface area contributed by atoms with Crippen LogP contribution in [0.1, 0.15) is 0 Å². The zero-order valence-electron chi connectivity index (χ0n) is 22.6. The van der Waals surface area contributed by atoms with Crippen molar-refractivity contribution in [3.05, 3.63) is 182 Å². The summed E-state index contributed by atoms with van der Waals surface area (Å²) in [6.07, 6.45) is 0. The first kappa shape index (κ1) is 28.1. The summed E-state index contributed by atoms with van der Waals surface area (Å²) < 4.78 is 7.75. The first-order valence-electron chi connectivity index (χ1n) is 13.5. The molecule has 5 heteroatoms. The van der Waals surface area contributed by atoms with Gasteiger partial charge in [0.05, 0.1) is 0 Å². The molecular weight excluding hydrogens is 582 g/mol. The summed E-state index contributed by atoms with van der Waals surface area (Å²) in [6, 6.07) is 64.8. The monoisotopic (exact) mass is 614 g/mol. The second-order valence-corrected chi connectivity index (χ2v) is 13.4. The van der Waals surface area contributed by atoms with Gasteiger partial charge in [0.2, 0.25) is 0 Å². The number of benzene rings is 6. The van der Waals surface area contributed by atoms with E-state index in [-0.39, 0.29) is 12.4 Å². The minimum atomic E-state index is -2.86. The van der Waals surface area contributed by atoms with E-state index in [9.17, 15) is 0 Å². The van der Waals surface area contributed by atoms with Crippen molar-refractivity contribution in [2.45, 2.75) is 0 Å². The first-order valence-corrected chi connectivity index (χ1v) is 16.3. The quantitative estimate of drug-likeness (QED) is 0.150. The van der Waals surface area contributed by atoms with Gasteiger partial charge < -0.3 is 0 Å². The summed E-state index contributed by atoms with van der Waals surface area (Å²) in [5.41, 5.74) is 6.99. The number of hydrogen-bond acceptors (Lipinski definition) is 3. The second kappa shape index (κ2) is 13.8. The van der Waals surface area contributed by atoms with Crippen LogP contribution in [0.25, 0.3) is 0 Å². The maximum absolute atomic E-state index is 2.86. The fourth-order valence-electron chi connectivity index (χ4n) is 4.90. The molecule has 0 atom stereocenters. The molecular formula is C36H31ClGeN3.